The lowest BCUT2D eigenvalue weighted by Gasteiger charge is -2.34. The van der Waals surface area contributed by atoms with Crippen LogP contribution in [0.2, 0.25) is 0 Å². The molecule has 11 heteroatoms. The van der Waals surface area contributed by atoms with E-state index >= 15 is 0 Å². The molecule has 0 radical (unpaired) electrons. The van der Waals surface area contributed by atoms with Crippen molar-refractivity contribution in [2.45, 2.75) is 91.1 Å². The predicted octanol–water partition coefficient (Wildman–Crippen LogP) is 4.59. The summed E-state index contributed by atoms with van der Waals surface area (Å²) in [5.41, 5.74) is 1.38. The minimum absolute atomic E-state index is 0.129. The number of carbonyl (C=O) groups is 4. The highest BCUT2D eigenvalue weighted by atomic mass is 32.1. The highest BCUT2D eigenvalue weighted by molar-refractivity contribution is 7.80. The number of hydrogen-bond donors (Lipinski definition) is 3. The Labute approximate surface area is 265 Å². The first-order valence-electron chi connectivity index (χ1n) is 14.4. The van der Waals surface area contributed by atoms with E-state index in [1.54, 1.807) is 53.7 Å². The Bertz CT molecular complexity index is 1360. The maximum atomic E-state index is 14.2. The molecule has 238 valence electrons. The van der Waals surface area contributed by atoms with E-state index in [1.807, 2.05) is 56.3 Å². The molecule has 44 heavy (non-hydrogen) atoms. The van der Waals surface area contributed by atoms with E-state index in [-0.39, 0.29) is 12.2 Å². The molecule has 10 nitrogen and oxygen atoms in total. The van der Waals surface area contributed by atoms with Crippen molar-refractivity contribution in [1.82, 2.24) is 15.5 Å². The molecule has 2 N–H and O–H groups in total. The summed E-state index contributed by atoms with van der Waals surface area (Å²) in [5.74, 6) is -2.19. The highest BCUT2D eigenvalue weighted by Crippen LogP contribution is 2.26. The van der Waals surface area contributed by atoms with Gasteiger partial charge in [-0.25, -0.2) is 9.59 Å². The molecule has 2 aromatic carbocycles. The standard InChI is InChI=1S/C33H44N4O6S/c1-21-14-15-24(18-22(21)2)27(37(17-16-34)29(39)26(20-44)36-31(41)43-33(6,7)8)28(38)35-25(30(40)42-32(3,4)5)19-23-12-10-9-11-13-23/h9-15,18,25-27,44H,17,19-20H2,1-8H3,(H,35,38)(H,36,41). The smallest absolute Gasteiger partial charge is 0.408 e. The van der Waals surface area contributed by atoms with Gasteiger partial charge in [0.2, 0.25) is 11.8 Å². The summed E-state index contributed by atoms with van der Waals surface area (Å²) in [6.45, 7) is 13.5. The van der Waals surface area contributed by atoms with Gasteiger partial charge in [-0.05, 0) is 77.6 Å². The van der Waals surface area contributed by atoms with Crippen molar-refractivity contribution in [1.29, 1.82) is 5.26 Å². The van der Waals surface area contributed by atoms with E-state index in [4.69, 9.17) is 9.47 Å². The average Bonchev–Trinajstić information content (AvgIpc) is 2.91. The molecule has 2 aromatic rings. The summed E-state index contributed by atoms with van der Waals surface area (Å²) in [6.07, 6.45) is -0.714. The van der Waals surface area contributed by atoms with Gasteiger partial charge in [-0.2, -0.15) is 17.9 Å². The Hall–Kier alpha value is -4.04. The molecule has 3 amide bonds. The third-order valence-corrected chi connectivity index (χ3v) is 6.76. The van der Waals surface area contributed by atoms with Crippen molar-refractivity contribution in [2.24, 2.45) is 0 Å². The molecular weight excluding hydrogens is 580 g/mol. The molecule has 0 aliphatic carbocycles. The lowest BCUT2D eigenvalue weighted by atomic mass is 9.97. The first-order chi connectivity index (χ1) is 20.5. The number of esters is 1. The molecule has 0 saturated heterocycles. The second-order valence-electron chi connectivity index (χ2n) is 12.5. The molecule has 0 spiro atoms. The number of thiol groups is 1. The maximum Gasteiger partial charge on any atom is 0.408 e. The first kappa shape index (κ1) is 36.2. The minimum Gasteiger partial charge on any atom is -0.458 e. The van der Waals surface area contributed by atoms with Crippen LogP contribution in [0.5, 0.6) is 0 Å². The topological polar surface area (TPSA) is 138 Å². The minimum atomic E-state index is -1.33. The van der Waals surface area contributed by atoms with Gasteiger partial charge in [0.1, 0.15) is 35.9 Å². The second kappa shape index (κ2) is 15.6. The van der Waals surface area contributed by atoms with Crippen LogP contribution in [0.4, 0.5) is 4.79 Å². The Morgan fingerprint density at radius 2 is 1.50 bits per heavy atom. The number of nitrogens with zero attached hydrogens (tertiary/aromatic N) is 2. The summed E-state index contributed by atoms with van der Waals surface area (Å²) in [7, 11) is 0. The first-order valence-corrected chi connectivity index (χ1v) is 15.0. The Morgan fingerprint density at radius 3 is 2.02 bits per heavy atom. The number of aryl methyl sites for hydroxylation is 2. The van der Waals surface area contributed by atoms with Crippen LogP contribution < -0.4 is 10.6 Å². The third kappa shape index (κ3) is 11.2. The van der Waals surface area contributed by atoms with Gasteiger partial charge >= 0.3 is 12.1 Å². The van der Waals surface area contributed by atoms with Gasteiger partial charge in [0, 0.05) is 12.2 Å². The second-order valence-corrected chi connectivity index (χ2v) is 12.9. The van der Waals surface area contributed by atoms with Crippen molar-refractivity contribution in [3.05, 3.63) is 70.8 Å². The van der Waals surface area contributed by atoms with Crippen LogP contribution in [0.3, 0.4) is 0 Å². The van der Waals surface area contributed by atoms with E-state index < -0.39 is 59.7 Å². The zero-order valence-corrected chi connectivity index (χ0v) is 27.7. The number of benzene rings is 2. The van der Waals surface area contributed by atoms with E-state index in [2.05, 4.69) is 23.3 Å². The fraction of sp³-hybridized carbons (Fsp3) is 0.485. The summed E-state index contributed by atoms with van der Waals surface area (Å²) in [4.78, 5) is 55.1. The molecule has 0 aliphatic heterocycles. The number of alkyl carbamates (subject to hydrolysis) is 1. The van der Waals surface area contributed by atoms with Gasteiger partial charge in [-0.15, -0.1) is 0 Å². The molecule has 0 aliphatic rings. The number of ether oxygens (including phenoxy) is 2. The molecule has 3 atom stereocenters. The third-order valence-electron chi connectivity index (χ3n) is 6.39. The molecule has 0 heterocycles. The number of amides is 3. The van der Waals surface area contributed by atoms with Gasteiger partial charge in [0.05, 0.1) is 6.07 Å². The van der Waals surface area contributed by atoms with Gasteiger partial charge in [0.15, 0.2) is 0 Å². The van der Waals surface area contributed by atoms with Crippen LogP contribution in [0, 0.1) is 25.2 Å². The van der Waals surface area contributed by atoms with Crippen LogP contribution in [-0.4, -0.2) is 64.4 Å². The average molecular weight is 625 g/mol. The summed E-state index contributed by atoms with van der Waals surface area (Å²) >= 11 is 4.26. The molecule has 0 aromatic heterocycles. The van der Waals surface area contributed by atoms with Crippen LogP contribution >= 0.6 is 12.6 Å². The molecule has 2 rings (SSSR count). The zero-order valence-electron chi connectivity index (χ0n) is 26.8. The van der Waals surface area contributed by atoms with Gasteiger partial charge in [-0.1, -0.05) is 48.5 Å². The monoisotopic (exact) mass is 624 g/mol. The van der Waals surface area contributed by atoms with Crippen molar-refractivity contribution in [3.8, 4) is 6.07 Å². The van der Waals surface area contributed by atoms with Gasteiger partial charge in [0.25, 0.3) is 0 Å². The van der Waals surface area contributed by atoms with Crippen molar-refractivity contribution in [3.63, 3.8) is 0 Å². The normalized spacial score (nSPS) is 13.5. The Kier molecular flexibility index (Phi) is 12.8. The summed E-state index contributed by atoms with van der Waals surface area (Å²) < 4.78 is 10.9. The summed E-state index contributed by atoms with van der Waals surface area (Å²) in [5, 5.41) is 15.1. The van der Waals surface area contributed by atoms with E-state index in [9.17, 15) is 24.4 Å². The lowest BCUT2D eigenvalue weighted by Crippen LogP contribution is -2.55. The van der Waals surface area contributed by atoms with Gasteiger partial charge in [-0.3, -0.25) is 9.59 Å². The SMILES string of the molecule is Cc1ccc(C(C(=O)NC(Cc2ccccc2)C(=O)OC(C)(C)C)N(CC#N)C(=O)C(CS)NC(=O)OC(C)(C)C)cc1C. The van der Waals surface area contributed by atoms with Crippen LogP contribution in [0.15, 0.2) is 48.5 Å². The maximum absolute atomic E-state index is 14.2. The molecule has 3 unspecified atom stereocenters. The molecule has 0 saturated carbocycles. The van der Waals surface area contributed by atoms with E-state index in [0.717, 1.165) is 21.6 Å². The number of rotatable bonds is 11. The highest BCUT2D eigenvalue weighted by Gasteiger charge is 2.38. The zero-order chi connectivity index (χ0) is 33.2. The molecular formula is C33H44N4O6S. The number of carbonyl (C=O) groups excluding carboxylic acids is 4. The number of nitrogens with one attached hydrogen (secondary N) is 2. The van der Waals surface area contributed by atoms with Crippen LogP contribution in [0.1, 0.15) is 69.8 Å². The van der Waals surface area contributed by atoms with Crippen molar-refractivity contribution in [2.75, 3.05) is 12.3 Å². The van der Waals surface area contributed by atoms with Crippen molar-refractivity contribution >= 4 is 36.5 Å². The van der Waals surface area contributed by atoms with Crippen LogP contribution in [-0.2, 0) is 30.3 Å². The fourth-order valence-corrected chi connectivity index (χ4v) is 4.53. The number of hydrogen-bond acceptors (Lipinski definition) is 8. The lowest BCUT2D eigenvalue weighted by molar-refractivity contribution is -0.159. The quantitative estimate of drug-likeness (QED) is 0.189. The van der Waals surface area contributed by atoms with Gasteiger partial charge < -0.3 is 25.0 Å². The Balaban J connectivity index is 2.57. The van der Waals surface area contributed by atoms with E-state index in [1.165, 1.54) is 0 Å². The number of nitriles is 1. The molecule has 0 bridgehead atoms. The predicted molar refractivity (Wildman–Crippen MR) is 171 cm³/mol. The summed E-state index contributed by atoms with van der Waals surface area (Å²) in [6, 6.07) is 12.7. The molecule has 0 fully saturated rings. The Morgan fingerprint density at radius 1 is 0.886 bits per heavy atom. The fourth-order valence-electron chi connectivity index (χ4n) is 4.28. The van der Waals surface area contributed by atoms with Crippen molar-refractivity contribution < 1.29 is 28.7 Å². The largest absolute Gasteiger partial charge is 0.458 e. The van der Waals surface area contributed by atoms with Crippen LogP contribution in [0.25, 0.3) is 0 Å². The van der Waals surface area contributed by atoms with E-state index in [0.29, 0.717) is 5.56 Å².